The molecular formula is C16H19ClN2O3. The summed E-state index contributed by atoms with van der Waals surface area (Å²) in [6.45, 7) is 5.94. The van der Waals surface area contributed by atoms with Gasteiger partial charge in [-0.15, -0.1) is 0 Å². The molecule has 0 unspecified atom stereocenters. The second-order valence-corrected chi connectivity index (χ2v) is 6.12. The van der Waals surface area contributed by atoms with Crippen LogP contribution in [0.3, 0.4) is 0 Å². The number of hydrazone groups is 1. The molecule has 118 valence electrons. The highest BCUT2D eigenvalue weighted by molar-refractivity contribution is 6.43. The molecule has 0 aliphatic carbocycles. The third kappa shape index (κ3) is 3.85. The van der Waals surface area contributed by atoms with E-state index in [-0.39, 0.29) is 24.0 Å². The number of nitrogens with zero attached hydrogens (tertiary/aromatic N) is 2. The van der Waals surface area contributed by atoms with Crippen molar-refractivity contribution in [3.8, 4) is 0 Å². The van der Waals surface area contributed by atoms with E-state index in [1.807, 2.05) is 19.9 Å². The summed E-state index contributed by atoms with van der Waals surface area (Å²) >= 11 is 5.97. The van der Waals surface area contributed by atoms with E-state index in [0.29, 0.717) is 11.6 Å². The molecular weight excluding hydrogens is 304 g/mol. The Morgan fingerprint density at radius 2 is 2.18 bits per heavy atom. The monoisotopic (exact) mass is 322 g/mol. The van der Waals surface area contributed by atoms with Crippen LogP contribution in [-0.2, 0) is 14.3 Å². The van der Waals surface area contributed by atoms with Crippen LogP contribution in [-0.4, -0.2) is 30.6 Å². The lowest BCUT2D eigenvalue weighted by Gasteiger charge is -2.16. The minimum Gasteiger partial charge on any atom is -0.465 e. The Kier molecular flexibility index (Phi) is 5.19. The molecule has 0 amide bonds. The third-order valence-corrected chi connectivity index (χ3v) is 3.46. The Morgan fingerprint density at radius 1 is 1.45 bits per heavy atom. The molecule has 1 aromatic rings. The second kappa shape index (κ2) is 6.92. The first-order chi connectivity index (χ1) is 10.4. The number of halogens is 1. The Hall–Kier alpha value is -1.88. The lowest BCUT2D eigenvalue weighted by atomic mass is 10.0. The maximum absolute atomic E-state index is 12.2. The zero-order valence-corrected chi connectivity index (χ0v) is 13.6. The number of benzene rings is 1. The highest BCUT2D eigenvalue weighted by Crippen LogP contribution is 2.26. The van der Waals surface area contributed by atoms with Crippen molar-refractivity contribution in [2.45, 2.75) is 20.8 Å². The standard InChI is InChI=1S/C16H19ClN2O3/c1-10(2)9-22-16(21)14-8-19(18-15(14)11(3)20)13-6-4-5-12(17)7-13/h4-7,10,14H,8-9H2,1-3H3/t14-/m1/s1. The van der Waals surface area contributed by atoms with E-state index in [1.54, 1.807) is 23.2 Å². The molecule has 2 rings (SSSR count). The van der Waals surface area contributed by atoms with Crippen molar-refractivity contribution in [1.82, 2.24) is 0 Å². The van der Waals surface area contributed by atoms with Crippen LogP contribution in [0.2, 0.25) is 5.02 Å². The maximum atomic E-state index is 12.2. The lowest BCUT2D eigenvalue weighted by Crippen LogP contribution is -2.32. The molecule has 1 heterocycles. The minimum atomic E-state index is -0.657. The highest BCUT2D eigenvalue weighted by Gasteiger charge is 2.36. The van der Waals surface area contributed by atoms with Crippen molar-refractivity contribution >= 4 is 34.8 Å². The Morgan fingerprint density at radius 3 is 2.77 bits per heavy atom. The molecule has 6 heteroatoms. The number of carbonyl (C=O) groups excluding carboxylic acids is 2. The van der Waals surface area contributed by atoms with Crippen LogP contribution < -0.4 is 5.01 Å². The van der Waals surface area contributed by atoms with Crippen LogP contribution in [0.4, 0.5) is 5.69 Å². The normalized spacial score (nSPS) is 17.6. The van der Waals surface area contributed by atoms with Crippen molar-refractivity contribution in [2.24, 2.45) is 16.9 Å². The fraction of sp³-hybridized carbons (Fsp3) is 0.438. The number of ether oxygens (including phenoxy) is 1. The SMILES string of the molecule is CC(=O)C1=NN(c2cccc(Cl)c2)C[C@H]1C(=O)OCC(C)C. The van der Waals surface area contributed by atoms with Crippen LogP contribution >= 0.6 is 11.6 Å². The van der Waals surface area contributed by atoms with E-state index in [0.717, 1.165) is 5.69 Å². The summed E-state index contributed by atoms with van der Waals surface area (Å²) in [6, 6.07) is 7.12. The second-order valence-electron chi connectivity index (χ2n) is 5.68. The van der Waals surface area contributed by atoms with Crippen LogP contribution in [0.25, 0.3) is 0 Å². The van der Waals surface area contributed by atoms with Crippen LogP contribution in [0.15, 0.2) is 29.4 Å². The fourth-order valence-corrected chi connectivity index (χ4v) is 2.34. The zero-order chi connectivity index (χ0) is 16.3. The van der Waals surface area contributed by atoms with Crippen molar-refractivity contribution in [1.29, 1.82) is 0 Å². The molecule has 0 aromatic heterocycles. The van der Waals surface area contributed by atoms with Gasteiger partial charge in [0.15, 0.2) is 5.78 Å². The summed E-state index contributed by atoms with van der Waals surface area (Å²) in [6.07, 6.45) is 0. The van der Waals surface area contributed by atoms with Gasteiger partial charge in [0.05, 0.1) is 18.8 Å². The molecule has 1 aliphatic rings. The summed E-state index contributed by atoms with van der Waals surface area (Å²) in [5.74, 6) is -1.05. The van der Waals surface area contributed by atoms with Crippen LogP contribution in [0.5, 0.6) is 0 Å². The van der Waals surface area contributed by atoms with E-state index >= 15 is 0 Å². The lowest BCUT2D eigenvalue weighted by molar-refractivity contribution is -0.147. The van der Waals surface area contributed by atoms with Crippen LogP contribution in [0.1, 0.15) is 20.8 Å². The molecule has 0 bridgehead atoms. The van der Waals surface area contributed by atoms with Gasteiger partial charge in [-0.05, 0) is 24.1 Å². The molecule has 5 nitrogen and oxygen atoms in total. The minimum absolute atomic E-state index is 0.226. The predicted octanol–water partition coefficient (Wildman–Crippen LogP) is 2.92. The smallest absolute Gasteiger partial charge is 0.317 e. The average Bonchev–Trinajstić information content (AvgIpc) is 2.90. The van der Waals surface area contributed by atoms with E-state index < -0.39 is 11.9 Å². The first-order valence-electron chi connectivity index (χ1n) is 7.17. The number of anilines is 1. The summed E-state index contributed by atoms with van der Waals surface area (Å²) in [5, 5.41) is 6.46. The predicted molar refractivity (Wildman–Crippen MR) is 86.2 cm³/mol. The average molecular weight is 323 g/mol. The maximum Gasteiger partial charge on any atom is 0.317 e. The molecule has 0 spiro atoms. The van der Waals surface area contributed by atoms with Gasteiger partial charge in [-0.3, -0.25) is 14.6 Å². The molecule has 0 N–H and O–H groups in total. The van der Waals surface area contributed by atoms with E-state index in [1.165, 1.54) is 6.92 Å². The van der Waals surface area contributed by atoms with Gasteiger partial charge in [-0.25, -0.2) is 0 Å². The Balaban J connectivity index is 2.18. The Bertz CT molecular complexity index is 613. The topological polar surface area (TPSA) is 59.0 Å². The molecule has 0 saturated carbocycles. The van der Waals surface area contributed by atoms with Gasteiger partial charge < -0.3 is 4.74 Å². The number of carbonyl (C=O) groups is 2. The molecule has 1 atom stereocenters. The summed E-state index contributed by atoms with van der Waals surface area (Å²) in [5.41, 5.74) is 0.971. The van der Waals surface area contributed by atoms with Gasteiger partial charge in [0, 0.05) is 11.9 Å². The zero-order valence-electron chi connectivity index (χ0n) is 12.9. The van der Waals surface area contributed by atoms with E-state index in [4.69, 9.17) is 16.3 Å². The first-order valence-corrected chi connectivity index (χ1v) is 7.55. The van der Waals surface area contributed by atoms with Crippen molar-refractivity contribution < 1.29 is 14.3 Å². The molecule has 1 aromatic carbocycles. The number of ketones is 1. The molecule has 1 aliphatic heterocycles. The fourth-order valence-electron chi connectivity index (χ4n) is 2.15. The molecule has 22 heavy (non-hydrogen) atoms. The number of hydrogen-bond donors (Lipinski definition) is 0. The first kappa shape index (κ1) is 16.5. The summed E-state index contributed by atoms with van der Waals surface area (Å²) in [7, 11) is 0. The molecule has 0 radical (unpaired) electrons. The summed E-state index contributed by atoms with van der Waals surface area (Å²) < 4.78 is 5.25. The van der Waals surface area contributed by atoms with Gasteiger partial charge in [0.1, 0.15) is 11.6 Å². The number of rotatable bonds is 5. The quantitative estimate of drug-likeness (QED) is 0.782. The number of Topliss-reactive ketones (excluding diaryl/α,β-unsaturated/α-hetero) is 1. The van der Waals surface area contributed by atoms with Crippen molar-refractivity contribution in [3.05, 3.63) is 29.3 Å². The van der Waals surface area contributed by atoms with Gasteiger partial charge in [0.2, 0.25) is 0 Å². The molecule has 0 saturated heterocycles. The molecule has 0 fully saturated rings. The third-order valence-electron chi connectivity index (χ3n) is 3.22. The van der Waals surface area contributed by atoms with Gasteiger partial charge >= 0.3 is 5.97 Å². The van der Waals surface area contributed by atoms with Crippen molar-refractivity contribution in [2.75, 3.05) is 18.2 Å². The summed E-state index contributed by atoms with van der Waals surface area (Å²) in [4.78, 5) is 24.0. The van der Waals surface area contributed by atoms with Gasteiger partial charge in [0.25, 0.3) is 0 Å². The highest BCUT2D eigenvalue weighted by atomic mass is 35.5. The number of esters is 1. The van der Waals surface area contributed by atoms with E-state index in [2.05, 4.69) is 5.10 Å². The largest absolute Gasteiger partial charge is 0.465 e. The van der Waals surface area contributed by atoms with Gasteiger partial charge in [-0.1, -0.05) is 31.5 Å². The Labute approximate surface area is 134 Å². The van der Waals surface area contributed by atoms with Gasteiger partial charge in [-0.2, -0.15) is 5.10 Å². The number of hydrogen-bond acceptors (Lipinski definition) is 5. The van der Waals surface area contributed by atoms with Crippen molar-refractivity contribution in [3.63, 3.8) is 0 Å². The van der Waals surface area contributed by atoms with E-state index in [9.17, 15) is 9.59 Å². The van der Waals surface area contributed by atoms with Crippen LogP contribution in [0, 0.1) is 11.8 Å².